The van der Waals surface area contributed by atoms with Gasteiger partial charge in [0, 0.05) is 0 Å². The van der Waals surface area contributed by atoms with Crippen molar-refractivity contribution in [1.29, 1.82) is 0 Å². The highest BCUT2D eigenvalue weighted by Crippen LogP contribution is 2.23. The van der Waals surface area contributed by atoms with E-state index in [2.05, 4.69) is 16.2 Å². The minimum Gasteiger partial charge on any atom is -0.138 e. The smallest absolute Gasteiger partial charge is 0.110 e. The fraction of sp³-hybridized carbons (Fsp3) is 1.00. The molecular formula is C8H17Cl2P. The minimum absolute atomic E-state index is 0.176. The van der Waals surface area contributed by atoms with Crippen molar-refractivity contribution in [3.8, 4) is 0 Å². The first kappa shape index (κ1) is 12.0. The van der Waals surface area contributed by atoms with Crippen LogP contribution in [0.4, 0.5) is 0 Å². The monoisotopic (exact) mass is 214 g/mol. The van der Waals surface area contributed by atoms with Gasteiger partial charge in [-0.05, 0) is 24.9 Å². The van der Waals surface area contributed by atoms with Crippen molar-refractivity contribution in [2.24, 2.45) is 5.92 Å². The quantitative estimate of drug-likeness (QED) is 0.358. The number of rotatable bonds is 6. The summed E-state index contributed by atoms with van der Waals surface area (Å²) in [6.45, 7) is 2.14. The molecule has 2 unspecified atom stereocenters. The highest BCUT2D eigenvalue weighted by molar-refractivity contribution is 7.16. The fourth-order valence-electron chi connectivity index (χ4n) is 1.06. The van der Waals surface area contributed by atoms with Crippen molar-refractivity contribution in [3.05, 3.63) is 0 Å². The van der Waals surface area contributed by atoms with Gasteiger partial charge in [-0.25, -0.2) is 0 Å². The lowest BCUT2D eigenvalue weighted by molar-refractivity contribution is 0.480. The lowest BCUT2D eigenvalue weighted by Crippen LogP contribution is -2.07. The van der Waals surface area contributed by atoms with Crippen LogP contribution in [-0.4, -0.2) is 11.0 Å². The summed E-state index contributed by atoms with van der Waals surface area (Å²) < 4.78 is 0. The molecule has 0 amide bonds. The van der Waals surface area contributed by atoms with Crippen LogP contribution in [0.2, 0.25) is 0 Å². The maximum atomic E-state index is 5.78. The normalized spacial score (nSPS) is 13.9. The van der Waals surface area contributed by atoms with E-state index in [-0.39, 0.29) is 4.84 Å². The Morgan fingerprint density at radius 3 is 2.27 bits per heavy atom. The molecule has 0 rings (SSSR count). The Hall–Kier alpha value is 1.01. The molecule has 0 radical (unpaired) electrons. The summed E-state index contributed by atoms with van der Waals surface area (Å²) in [7, 11) is 2.73. The van der Waals surface area contributed by atoms with Gasteiger partial charge in [0.05, 0.1) is 0 Å². The average molecular weight is 215 g/mol. The third-order valence-corrected chi connectivity index (χ3v) is 3.03. The topological polar surface area (TPSA) is 0 Å². The zero-order valence-electron chi connectivity index (χ0n) is 7.02. The van der Waals surface area contributed by atoms with E-state index >= 15 is 0 Å². The first-order chi connectivity index (χ1) is 5.22. The molecule has 0 aromatic heterocycles. The van der Waals surface area contributed by atoms with Crippen molar-refractivity contribution in [2.75, 3.05) is 6.16 Å². The molecule has 0 heterocycles. The molecule has 68 valence electrons. The van der Waals surface area contributed by atoms with E-state index in [9.17, 15) is 0 Å². The third kappa shape index (κ3) is 6.20. The average Bonchev–Trinajstić information content (AvgIpc) is 1.97. The molecule has 0 N–H and O–H groups in total. The van der Waals surface area contributed by atoms with Gasteiger partial charge in [-0.1, -0.05) is 19.8 Å². The highest BCUT2D eigenvalue weighted by atomic mass is 35.5. The van der Waals surface area contributed by atoms with Gasteiger partial charge >= 0.3 is 0 Å². The lowest BCUT2D eigenvalue weighted by atomic mass is 10.0. The Labute approximate surface area is 82.2 Å². The van der Waals surface area contributed by atoms with Gasteiger partial charge in [-0.15, -0.1) is 32.4 Å². The van der Waals surface area contributed by atoms with Gasteiger partial charge in [0.25, 0.3) is 0 Å². The number of unbranched alkanes of at least 4 members (excludes halogenated alkanes) is 1. The van der Waals surface area contributed by atoms with E-state index in [0.717, 1.165) is 6.42 Å². The number of hydrogen-bond acceptors (Lipinski definition) is 0. The molecule has 0 aromatic rings. The van der Waals surface area contributed by atoms with Gasteiger partial charge in [0.15, 0.2) is 0 Å². The second kappa shape index (κ2) is 7.65. The Kier molecular flexibility index (Phi) is 8.35. The van der Waals surface area contributed by atoms with Crippen LogP contribution in [0.15, 0.2) is 0 Å². The summed E-state index contributed by atoms with van der Waals surface area (Å²) in [5.41, 5.74) is 0. The molecule has 0 saturated heterocycles. The number of hydrogen-bond donors (Lipinski definition) is 0. The van der Waals surface area contributed by atoms with Crippen LogP contribution in [0.3, 0.4) is 0 Å². The van der Waals surface area contributed by atoms with Crippen LogP contribution in [-0.2, 0) is 0 Å². The second-order valence-corrected chi connectivity index (χ2v) is 4.53. The summed E-state index contributed by atoms with van der Waals surface area (Å²) in [5.74, 6) is 0.495. The Bertz CT molecular complexity index is 86.2. The summed E-state index contributed by atoms with van der Waals surface area (Å²) in [4.78, 5) is -0.176. The zero-order valence-corrected chi connectivity index (χ0v) is 9.69. The summed E-state index contributed by atoms with van der Waals surface area (Å²) in [5, 5.41) is 0. The second-order valence-electron chi connectivity index (χ2n) is 2.79. The Morgan fingerprint density at radius 1 is 1.27 bits per heavy atom. The van der Waals surface area contributed by atoms with Crippen molar-refractivity contribution in [2.45, 2.75) is 37.4 Å². The van der Waals surface area contributed by atoms with Crippen molar-refractivity contribution >= 4 is 32.4 Å². The van der Waals surface area contributed by atoms with Gasteiger partial charge in [-0.2, -0.15) is 0 Å². The summed E-state index contributed by atoms with van der Waals surface area (Å²) >= 11 is 11.6. The van der Waals surface area contributed by atoms with Crippen molar-refractivity contribution < 1.29 is 0 Å². The van der Waals surface area contributed by atoms with Gasteiger partial charge < -0.3 is 0 Å². The predicted octanol–water partition coefficient (Wildman–Crippen LogP) is 3.86. The molecule has 2 atom stereocenters. The van der Waals surface area contributed by atoms with E-state index in [0.29, 0.717) is 5.92 Å². The van der Waals surface area contributed by atoms with E-state index < -0.39 is 0 Å². The SMILES string of the molecule is CCC(CCCCP)C(Cl)Cl. The van der Waals surface area contributed by atoms with Crippen LogP contribution < -0.4 is 0 Å². The van der Waals surface area contributed by atoms with Crippen LogP contribution >= 0.6 is 32.4 Å². The largest absolute Gasteiger partial charge is 0.138 e. The summed E-state index contributed by atoms with van der Waals surface area (Å²) in [6.07, 6.45) is 5.96. The molecule has 0 aliphatic rings. The maximum absolute atomic E-state index is 5.78. The molecule has 0 aliphatic carbocycles. The first-order valence-electron chi connectivity index (χ1n) is 4.20. The molecule has 0 saturated carbocycles. The van der Waals surface area contributed by atoms with E-state index in [4.69, 9.17) is 23.2 Å². The van der Waals surface area contributed by atoms with E-state index in [1.54, 1.807) is 0 Å². The molecule has 0 fully saturated rings. The number of halogens is 2. The van der Waals surface area contributed by atoms with Crippen LogP contribution in [0, 0.1) is 5.92 Å². The number of alkyl halides is 2. The van der Waals surface area contributed by atoms with Crippen LogP contribution in [0.1, 0.15) is 32.6 Å². The molecule has 0 aliphatic heterocycles. The Morgan fingerprint density at radius 2 is 1.91 bits per heavy atom. The van der Waals surface area contributed by atoms with Gasteiger partial charge in [0.2, 0.25) is 0 Å². The molecule has 3 heteroatoms. The van der Waals surface area contributed by atoms with Crippen LogP contribution in [0.25, 0.3) is 0 Å². The van der Waals surface area contributed by atoms with Crippen LogP contribution in [0.5, 0.6) is 0 Å². The summed E-state index contributed by atoms with van der Waals surface area (Å²) in [6, 6.07) is 0. The van der Waals surface area contributed by atoms with Crippen molar-refractivity contribution in [1.82, 2.24) is 0 Å². The molecule has 0 aromatic carbocycles. The van der Waals surface area contributed by atoms with E-state index in [1.807, 2.05) is 0 Å². The molecule has 11 heavy (non-hydrogen) atoms. The fourth-order valence-corrected chi connectivity index (χ4v) is 1.96. The van der Waals surface area contributed by atoms with Gasteiger partial charge in [0.1, 0.15) is 4.84 Å². The van der Waals surface area contributed by atoms with Crippen molar-refractivity contribution in [3.63, 3.8) is 0 Å². The standard InChI is InChI=1S/C8H17Cl2P/c1-2-7(8(9)10)5-3-4-6-11/h7-8H,2-6,11H2,1H3. The molecule has 0 spiro atoms. The van der Waals surface area contributed by atoms with E-state index in [1.165, 1.54) is 25.4 Å². The minimum atomic E-state index is -0.176. The zero-order chi connectivity index (χ0) is 8.69. The third-order valence-electron chi connectivity index (χ3n) is 1.91. The first-order valence-corrected chi connectivity index (χ1v) is 5.89. The lowest BCUT2D eigenvalue weighted by Gasteiger charge is -2.14. The molecule has 0 bridgehead atoms. The highest BCUT2D eigenvalue weighted by Gasteiger charge is 2.13. The maximum Gasteiger partial charge on any atom is 0.110 e. The molecular weight excluding hydrogens is 198 g/mol. The van der Waals surface area contributed by atoms with Gasteiger partial charge in [-0.3, -0.25) is 0 Å². The Balaban J connectivity index is 3.36. The predicted molar refractivity (Wildman–Crippen MR) is 57.7 cm³/mol. The molecule has 0 nitrogen and oxygen atoms in total.